The summed E-state index contributed by atoms with van der Waals surface area (Å²) in [5.41, 5.74) is 2.48. The maximum absolute atomic E-state index is 15.9. The van der Waals surface area contributed by atoms with Crippen LogP contribution in [-0.4, -0.2) is 32.5 Å². The molecule has 0 aliphatic heterocycles. The van der Waals surface area contributed by atoms with Crippen molar-refractivity contribution < 1.29 is 41.2 Å². The monoisotopic (exact) mass is 861 g/mol. The van der Waals surface area contributed by atoms with Gasteiger partial charge in [-0.25, -0.2) is 32.8 Å². The third-order valence-electron chi connectivity index (χ3n) is 9.70. The summed E-state index contributed by atoms with van der Waals surface area (Å²) in [7, 11) is -4.06. The van der Waals surface area contributed by atoms with Crippen LogP contribution in [0.15, 0.2) is 145 Å². The molecule has 0 saturated heterocycles. The minimum absolute atomic E-state index is 0.00404. The highest BCUT2D eigenvalue weighted by molar-refractivity contribution is 7.48. The van der Waals surface area contributed by atoms with Crippen molar-refractivity contribution >= 4 is 25.1 Å². The fourth-order valence-electron chi connectivity index (χ4n) is 6.36. The van der Waals surface area contributed by atoms with Crippen molar-refractivity contribution in [3.8, 4) is 17.3 Å². The number of rotatable bonds is 19. The number of halogens is 2. The zero-order valence-electron chi connectivity index (χ0n) is 32.7. The van der Waals surface area contributed by atoms with Crippen molar-refractivity contribution in [2.24, 2.45) is 0 Å². The molecular weight excluding hydrogens is 824 g/mol. The van der Waals surface area contributed by atoms with E-state index in [0.29, 0.717) is 21.8 Å². The number of nitrogens with zero attached hydrogens (tertiary/aromatic N) is 5. The summed E-state index contributed by atoms with van der Waals surface area (Å²) in [5.74, 6) is -3.16. The number of hydrogen-bond donors (Lipinski definition) is 0. The Hall–Kier alpha value is -6.24. The molecule has 0 N–H and O–H groups in total. The van der Waals surface area contributed by atoms with Crippen LogP contribution in [0.3, 0.4) is 0 Å². The van der Waals surface area contributed by atoms with E-state index in [4.69, 9.17) is 28.0 Å². The number of carbonyl (C=O) groups is 1. The van der Waals surface area contributed by atoms with Gasteiger partial charge in [-0.2, -0.15) is 10.4 Å². The van der Waals surface area contributed by atoms with E-state index in [1.807, 2.05) is 66.0 Å². The molecule has 0 spiro atoms. The molecular formula is C45H38F2N5O7PS. The molecule has 0 aliphatic rings. The summed E-state index contributed by atoms with van der Waals surface area (Å²) in [5, 5.41) is 15.8. The predicted molar refractivity (Wildman–Crippen MR) is 221 cm³/mol. The van der Waals surface area contributed by atoms with E-state index in [0.717, 1.165) is 28.8 Å². The normalized spacial score (nSPS) is 13.0. The molecule has 12 nitrogen and oxygen atoms in total. The molecule has 0 amide bonds. The van der Waals surface area contributed by atoms with Crippen LogP contribution in [0, 0.1) is 23.0 Å². The minimum atomic E-state index is -4.06. The van der Waals surface area contributed by atoms with E-state index in [1.54, 1.807) is 43.3 Å². The summed E-state index contributed by atoms with van der Waals surface area (Å²) in [6, 6.07) is 36.8. The van der Waals surface area contributed by atoms with Crippen LogP contribution in [0.25, 0.3) is 11.3 Å². The lowest BCUT2D eigenvalue weighted by Gasteiger charge is -2.38. The average Bonchev–Trinajstić information content (AvgIpc) is 4.01. The fourth-order valence-corrected chi connectivity index (χ4v) is 8.47. The molecule has 5 aromatic carbocycles. The predicted octanol–water partition coefficient (Wildman–Crippen LogP) is 10.1. The van der Waals surface area contributed by atoms with Gasteiger partial charge in [-0.15, -0.1) is 11.3 Å². The Morgan fingerprint density at radius 1 is 0.852 bits per heavy atom. The zero-order chi connectivity index (χ0) is 42.7. The molecule has 2 aromatic heterocycles. The Labute approximate surface area is 354 Å². The molecule has 0 radical (unpaired) electrons. The molecule has 0 fully saturated rings. The highest BCUT2D eigenvalue weighted by atomic mass is 32.1. The van der Waals surface area contributed by atoms with E-state index in [9.17, 15) is 19.0 Å². The molecule has 0 saturated carbocycles. The number of nitriles is 1. The smallest absolute Gasteiger partial charge is 0.435 e. The van der Waals surface area contributed by atoms with E-state index in [1.165, 1.54) is 46.9 Å². The van der Waals surface area contributed by atoms with Crippen molar-refractivity contribution in [2.45, 2.75) is 44.8 Å². The first-order valence-corrected chi connectivity index (χ1v) is 21.2. The molecule has 7 aromatic rings. The van der Waals surface area contributed by atoms with Crippen molar-refractivity contribution in [1.29, 1.82) is 5.26 Å². The number of benzene rings is 5. The van der Waals surface area contributed by atoms with Gasteiger partial charge in [-0.1, -0.05) is 97.9 Å². The van der Waals surface area contributed by atoms with Crippen molar-refractivity contribution in [3.05, 3.63) is 195 Å². The Morgan fingerprint density at radius 3 is 2.05 bits per heavy atom. The molecule has 2 atom stereocenters. The molecule has 2 heterocycles. The average molecular weight is 862 g/mol. The lowest BCUT2D eigenvalue weighted by molar-refractivity contribution is -0.148. The number of phosphoric acid groups is 1. The molecule has 0 bridgehead atoms. The minimum Gasteiger partial charge on any atom is -0.435 e. The molecule has 7 rings (SSSR count). The van der Waals surface area contributed by atoms with Gasteiger partial charge < -0.3 is 9.47 Å². The Kier molecular flexibility index (Phi) is 14.0. The lowest BCUT2D eigenvalue weighted by Crippen LogP contribution is -2.42. The fraction of sp³-hybridized carbons (Fsp3) is 0.178. The SMILES string of the molecule is C[C@@H](c1nc(-c2ccc(C#N)cc2)cs1)[C@@](Cn1cncn1)(OCOC(=O)c1ccc(COP(=O)(OCc2ccccc2)OCc2ccccc2)cc1)c1ccc(F)cc1F. The topological polar surface area (TPSA) is 148 Å². The number of hydrogen-bond acceptors (Lipinski definition) is 12. The lowest BCUT2D eigenvalue weighted by atomic mass is 9.81. The number of aromatic nitrogens is 4. The molecule has 310 valence electrons. The van der Waals surface area contributed by atoms with Crippen molar-refractivity contribution in [3.63, 3.8) is 0 Å². The molecule has 16 heteroatoms. The molecule has 0 aliphatic carbocycles. The summed E-state index contributed by atoms with van der Waals surface area (Å²) >= 11 is 1.30. The highest BCUT2D eigenvalue weighted by Crippen LogP contribution is 2.52. The summed E-state index contributed by atoms with van der Waals surface area (Å²) in [6.45, 7) is 0.847. The van der Waals surface area contributed by atoms with Crippen molar-refractivity contribution in [1.82, 2.24) is 19.7 Å². The first-order valence-electron chi connectivity index (χ1n) is 18.9. The number of esters is 1. The van der Waals surface area contributed by atoms with Crippen LogP contribution in [-0.2, 0) is 59.6 Å². The van der Waals surface area contributed by atoms with Gasteiger partial charge in [0.1, 0.15) is 29.9 Å². The third-order valence-corrected chi connectivity index (χ3v) is 12.1. The van der Waals surface area contributed by atoms with E-state index < -0.39 is 43.7 Å². The van der Waals surface area contributed by atoms with Gasteiger partial charge in [0, 0.05) is 28.5 Å². The van der Waals surface area contributed by atoms with Crippen LogP contribution >= 0.6 is 19.2 Å². The van der Waals surface area contributed by atoms with Gasteiger partial charge in [-0.3, -0.25) is 13.6 Å². The largest absolute Gasteiger partial charge is 0.475 e. The van der Waals surface area contributed by atoms with Crippen molar-refractivity contribution in [2.75, 3.05) is 6.79 Å². The zero-order valence-corrected chi connectivity index (χ0v) is 34.4. The second kappa shape index (κ2) is 19.9. The number of phosphoric ester groups is 1. The molecule has 0 unspecified atom stereocenters. The van der Waals surface area contributed by atoms with Crippen LogP contribution in [0.5, 0.6) is 0 Å². The Balaban J connectivity index is 1.07. The maximum Gasteiger partial charge on any atom is 0.475 e. The van der Waals surface area contributed by atoms with E-state index in [-0.39, 0.29) is 37.5 Å². The van der Waals surface area contributed by atoms with E-state index >= 15 is 4.39 Å². The third kappa shape index (κ3) is 10.9. The van der Waals surface area contributed by atoms with Gasteiger partial charge in [0.25, 0.3) is 0 Å². The number of ether oxygens (including phenoxy) is 2. The van der Waals surface area contributed by atoms with Crippen LogP contribution < -0.4 is 0 Å². The van der Waals surface area contributed by atoms with Gasteiger partial charge in [0.05, 0.1) is 54.3 Å². The van der Waals surface area contributed by atoms with Crippen LogP contribution in [0.2, 0.25) is 0 Å². The first kappa shape index (κ1) is 42.9. The quantitative estimate of drug-likeness (QED) is 0.0435. The standard InChI is InChI=1S/C45H38F2N5O7PS/c1-32(43-51-42(27-61-43)37-16-12-33(23-48)13-17-37)45(28-52-30-49-29-50-52,40-21-20-39(46)22-41(40)47)56-31-55-44(53)38-18-14-36(15-19-38)26-59-60(54,57-24-34-8-4-2-5-9-34)58-25-35-10-6-3-7-11-35/h2-22,27,29-30,32H,24-26,28,31H2,1H3/t32-,45+/m0/s1. The second-order valence-corrected chi connectivity index (χ2v) is 16.3. The Morgan fingerprint density at radius 2 is 1.48 bits per heavy atom. The Bertz CT molecular complexity index is 2570. The summed E-state index contributed by atoms with van der Waals surface area (Å²) < 4.78 is 74.6. The van der Waals surface area contributed by atoms with Gasteiger partial charge in [-0.05, 0) is 47.0 Å². The summed E-state index contributed by atoms with van der Waals surface area (Å²) in [4.78, 5) is 22.3. The first-order chi connectivity index (χ1) is 29.6. The van der Waals surface area contributed by atoms with Gasteiger partial charge in [0.2, 0.25) is 0 Å². The van der Waals surface area contributed by atoms with Gasteiger partial charge >= 0.3 is 13.8 Å². The maximum atomic E-state index is 15.9. The second-order valence-electron chi connectivity index (χ2n) is 13.7. The summed E-state index contributed by atoms with van der Waals surface area (Å²) in [6.07, 6.45) is 2.74. The van der Waals surface area contributed by atoms with Crippen LogP contribution in [0.1, 0.15) is 56.0 Å². The van der Waals surface area contributed by atoms with E-state index in [2.05, 4.69) is 16.2 Å². The highest BCUT2D eigenvalue weighted by Gasteiger charge is 2.45. The number of thiazole rings is 1. The van der Waals surface area contributed by atoms with Gasteiger partial charge in [0.15, 0.2) is 6.79 Å². The van der Waals surface area contributed by atoms with Crippen LogP contribution in [0.4, 0.5) is 8.78 Å². The number of carbonyl (C=O) groups excluding carboxylic acids is 1. The molecule has 61 heavy (non-hydrogen) atoms.